The van der Waals surface area contributed by atoms with Crippen LogP contribution in [0.15, 0.2) is 91.1 Å². The molecule has 0 N–H and O–H groups in total. The third-order valence-corrected chi connectivity index (χ3v) is 8.72. The van der Waals surface area contributed by atoms with E-state index in [-0.39, 0.29) is 0 Å². The van der Waals surface area contributed by atoms with Crippen LogP contribution >= 0.6 is 0 Å². The fourth-order valence-electron chi connectivity index (χ4n) is 6.29. The van der Waals surface area contributed by atoms with Crippen LogP contribution in [-0.4, -0.2) is 68.9 Å². The predicted octanol–water partition coefficient (Wildman–Crippen LogP) is 6.01. The zero-order valence-electron chi connectivity index (χ0n) is 24.8. The first kappa shape index (κ1) is 26.8. The van der Waals surface area contributed by atoms with Crippen LogP contribution in [0.2, 0.25) is 0 Å². The fraction of sp³-hybridized carbons (Fsp3) is 0.250. The van der Waals surface area contributed by atoms with Gasteiger partial charge in [-0.1, -0.05) is 60.7 Å². The topological polar surface area (TPSA) is 68.0 Å². The molecule has 0 aliphatic carbocycles. The van der Waals surface area contributed by atoms with E-state index in [2.05, 4.69) is 86.6 Å². The monoisotopic (exact) mass is 582 g/mol. The number of piperazine rings is 1. The highest BCUT2D eigenvalue weighted by Gasteiger charge is 2.19. The number of benzene rings is 3. The Morgan fingerprint density at radius 1 is 0.750 bits per heavy atom. The van der Waals surface area contributed by atoms with Crippen molar-refractivity contribution in [3.63, 3.8) is 0 Å². The van der Waals surface area contributed by atoms with E-state index >= 15 is 0 Å². The van der Waals surface area contributed by atoms with Crippen LogP contribution in [0.3, 0.4) is 0 Å². The summed E-state index contributed by atoms with van der Waals surface area (Å²) in [4.78, 5) is 14.9. The van der Waals surface area contributed by atoms with Gasteiger partial charge in [-0.15, -0.1) is 0 Å². The van der Waals surface area contributed by atoms with Crippen molar-refractivity contribution < 1.29 is 9.47 Å². The van der Waals surface area contributed by atoms with Crippen LogP contribution < -0.4 is 9.47 Å². The van der Waals surface area contributed by atoms with Crippen molar-refractivity contribution in [2.45, 2.75) is 19.9 Å². The zero-order chi connectivity index (χ0) is 29.5. The first-order valence-electron chi connectivity index (χ1n) is 15.3. The van der Waals surface area contributed by atoms with Crippen LogP contribution in [0, 0.1) is 6.92 Å². The first-order valence-corrected chi connectivity index (χ1v) is 15.3. The van der Waals surface area contributed by atoms with Gasteiger partial charge in [0.25, 0.3) is 0 Å². The van der Waals surface area contributed by atoms with Crippen molar-refractivity contribution in [3.8, 4) is 33.9 Å². The van der Waals surface area contributed by atoms with Gasteiger partial charge < -0.3 is 14.4 Å². The number of ether oxygens (including phenoxy) is 2. The Kier molecular flexibility index (Phi) is 6.93. The lowest BCUT2D eigenvalue weighted by molar-refractivity contribution is 0.128. The molecule has 8 rings (SSSR count). The summed E-state index contributed by atoms with van der Waals surface area (Å²) in [6.07, 6.45) is 2.92. The van der Waals surface area contributed by atoms with E-state index in [4.69, 9.17) is 14.5 Å². The van der Waals surface area contributed by atoms with E-state index in [9.17, 15) is 0 Å². The number of pyridine rings is 1. The summed E-state index contributed by atoms with van der Waals surface area (Å²) < 4.78 is 12.8. The van der Waals surface area contributed by atoms with Gasteiger partial charge in [-0.05, 0) is 48.2 Å². The standard InChI is InChI=1S/C36H34N6O2/c1-25-19-34-37-22-30-21-31(28-5-3-2-4-6-28)35(38-36(30)42(34)39-25)29-10-7-27(8-11-29)23-41-17-15-40(16-18-41)14-13-26-9-12-32-33(20-26)44-24-43-32/h2-12,19-22H,13-18,23-24H2,1H3. The molecule has 0 spiro atoms. The van der Waals surface area contributed by atoms with Gasteiger partial charge in [0.2, 0.25) is 6.79 Å². The quantitative estimate of drug-likeness (QED) is 0.228. The second-order valence-corrected chi connectivity index (χ2v) is 11.7. The normalized spacial score (nSPS) is 15.4. The molecule has 3 aromatic carbocycles. The molecule has 8 heteroatoms. The molecule has 0 radical (unpaired) electrons. The second kappa shape index (κ2) is 11.4. The molecule has 1 saturated heterocycles. The lowest BCUT2D eigenvalue weighted by Crippen LogP contribution is -2.46. The molecule has 0 saturated carbocycles. The Balaban J connectivity index is 0.971. The Hall–Kier alpha value is -4.79. The van der Waals surface area contributed by atoms with Crippen molar-refractivity contribution >= 4 is 16.7 Å². The van der Waals surface area contributed by atoms with Crippen LogP contribution in [0.25, 0.3) is 39.1 Å². The molecule has 2 aliphatic rings. The van der Waals surface area contributed by atoms with Gasteiger partial charge in [-0.2, -0.15) is 9.61 Å². The summed E-state index contributed by atoms with van der Waals surface area (Å²) in [6.45, 7) is 8.63. The smallest absolute Gasteiger partial charge is 0.231 e. The van der Waals surface area contributed by atoms with Gasteiger partial charge in [-0.25, -0.2) is 9.97 Å². The summed E-state index contributed by atoms with van der Waals surface area (Å²) in [5.74, 6) is 1.72. The summed E-state index contributed by atoms with van der Waals surface area (Å²) in [5.41, 5.74) is 9.44. The van der Waals surface area contributed by atoms with E-state index < -0.39 is 0 Å². The number of hydrogen-bond acceptors (Lipinski definition) is 7. The molecule has 5 heterocycles. The Labute approximate surface area is 256 Å². The molecule has 0 unspecified atom stereocenters. The van der Waals surface area contributed by atoms with Crippen molar-refractivity contribution in [1.82, 2.24) is 29.4 Å². The van der Waals surface area contributed by atoms with Crippen LogP contribution in [-0.2, 0) is 13.0 Å². The number of nitrogens with zero attached hydrogens (tertiary/aromatic N) is 6. The molecule has 3 aromatic heterocycles. The van der Waals surface area contributed by atoms with Crippen LogP contribution in [0.1, 0.15) is 16.8 Å². The van der Waals surface area contributed by atoms with Gasteiger partial charge in [0.05, 0.1) is 11.4 Å². The van der Waals surface area contributed by atoms with E-state index in [1.807, 2.05) is 35.8 Å². The number of aryl methyl sites for hydroxylation is 1. The highest BCUT2D eigenvalue weighted by molar-refractivity contribution is 5.90. The maximum Gasteiger partial charge on any atom is 0.231 e. The Bertz CT molecular complexity index is 1950. The SMILES string of the molecule is Cc1cc2ncc3cc(-c4ccccc4)c(-c4ccc(CN5CCN(CCc6ccc7c(c6)OCO7)CC5)cc4)nc3n2n1. The van der Waals surface area contributed by atoms with Gasteiger partial charge in [0.1, 0.15) is 0 Å². The van der Waals surface area contributed by atoms with Crippen molar-refractivity contribution in [2.75, 3.05) is 39.5 Å². The van der Waals surface area contributed by atoms with Crippen LogP contribution in [0.5, 0.6) is 11.5 Å². The third kappa shape index (κ3) is 5.27. The molecule has 8 nitrogen and oxygen atoms in total. The summed E-state index contributed by atoms with van der Waals surface area (Å²) >= 11 is 0. The molecule has 1 fully saturated rings. The highest BCUT2D eigenvalue weighted by Crippen LogP contribution is 2.34. The Morgan fingerprint density at radius 3 is 2.36 bits per heavy atom. The summed E-state index contributed by atoms with van der Waals surface area (Å²) in [7, 11) is 0. The number of fused-ring (bicyclic) bond motifs is 4. The van der Waals surface area contributed by atoms with E-state index in [1.54, 1.807) is 0 Å². The molecule has 44 heavy (non-hydrogen) atoms. The molecule has 6 aromatic rings. The number of rotatable bonds is 7. The maximum absolute atomic E-state index is 5.54. The van der Waals surface area contributed by atoms with Crippen molar-refractivity contribution in [1.29, 1.82) is 0 Å². The predicted molar refractivity (Wildman–Crippen MR) is 172 cm³/mol. The molecule has 2 aliphatic heterocycles. The minimum atomic E-state index is 0.325. The van der Waals surface area contributed by atoms with Crippen molar-refractivity contribution in [3.05, 3.63) is 108 Å². The minimum Gasteiger partial charge on any atom is -0.454 e. The molecule has 0 amide bonds. The molecule has 0 bridgehead atoms. The van der Waals surface area contributed by atoms with Gasteiger partial charge in [0, 0.05) is 68.0 Å². The third-order valence-electron chi connectivity index (χ3n) is 8.72. The second-order valence-electron chi connectivity index (χ2n) is 11.7. The van der Waals surface area contributed by atoms with Crippen LogP contribution in [0.4, 0.5) is 0 Å². The fourth-order valence-corrected chi connectivity index (χ4v) is 6.29. The average Bonchev–Trinajstić information content (AvgIpc) is 3.70. The van der Waals surface area contributed by atoms with Gasteiger partial charge in [0.15, 0.2) is 22.8 Å². The largest absolute Gasteiger partial charge is 0.454 e. The number of hydrogen-bond donors (Lipinski definition) is 0. The molecule has 0 atom stereocenters. The Morgan fingerprint density at radius 2 is 1.52 bits per heavy atom. The summed E-state index contributed by atoms with van der Waals surface area (Å²) in [5, 5.41) is 5.64. The minimum absolute atomic E-state index is 0.325. The lowest BCUT2D eigenvalue weighted by atomic mass is 9.97. The van der Waals surface area contributed by atoms with E-state index in [1.165, 1.54) is 11.1 Å². The van der Waals surface area contributed by atoms with Gasteiger partial charge in [-0.3, -0.25) is 4.90 Å². The van der Waals surface area contributed by atoms with Gasteiger partial charge >= 0.3 is 0 Å². The molecule has 220 valence electrons. The highest BCUT2D eigenvalue weighted by atomic mass is 16.7. The first-order chi connectivity index (χ1) is 21.7. The average molecular weight is 583 g/mol. The van der Waals surface area contributed by atoms with E-state index in [0.29, 0.717) is 6.79 Å². The maximum atomic E-state index is 5.54. The zero-order valence-corrected chi connectivity index (χ0v) is 24.8. The van der Waals surface area contributed by atoms with Crippen molar-refractivity contribution in [2.24, 2.45) is 0 Å². The molecular formula is C36H34N6O2. The number of aromatic nitrogens is 4. The summed E-state index contributed by atoms with van der Waals surface area (Å²) in [6, 6.07) is 29.9. The molecular weight excluding hydrogens is 548 g/mol. The van der Waals surface area contributed by atoms with E-state index in [0.717, 1.165) is 102 Å². The lowest BCUT2D eigenvalue weighted by Gasteiger charge is -2.34.